The van der Waals surface area contributed by atoms with Crippen LogP contribution in [0.2, 0.25) is 0 Å². The van der Waals surface area contributed by atoms with Gasteiger partial charge in [0, 0.05) is 4.90 Å². The molecular formula is C13H15NO5S2. The van der Waals surface area contributed by atoms with E-state index in [0.29, 0.717) is 5.69 Å². The number of amides is 1. The molecule has 1 heterocycles. The molecule has 114 valence electrons. The van der Waals surface area contributed by atoms with E-state index in [1.54, 1.807) is 13.0 Å². The molecule has 2 N–H and O–H groups in total. The van der Waals surface area contributed by atoms with Crippen molar-refractivity contribution >= 4 is 39.2 Å². The quantitative estimate of drug-likeness (QED) is 0.873. The van der Waals surface area contributed by atoms with Crippen LogP contribution in [0.4, 0.5) is 5.69 Å². The van der Waals surface area contributed by atoms with Crippen LogP contribution in [0.1, 0.15) is 20.3 Å². The van der Waals surface area contributed by atoms with Gasteiger partial charge in [0.1, 0.15) is 0 Å². The number of carboxylic acids is 1. The topological polar surface area (TPSA) is 101 Å². The van der Waals surface area contributed by atoms with Gasteiger partial charge >= 0.3 is 5.97 Å². The van der Waals surface area contributed by atoms with Gasteiger partial charge in [-0.2, -0.15) is 0 Å². The van der Waals surface area contributed by atoms with E-state index in [9.17, 15) is 18.0 Å². The van der Waals surface area contributed by atoms with Crippen molar-refractivity contribution in [3.8, 4) is 0 Å². The molecular weight excluding hydrogens is 314 g/mol. The van der Waals surface area contributed by atoms with E-state index in [1.807, 2.05) is 0 Å². The zero-order valence-corrected chi connectivity index (χ0v) is 13.1. The Bertz CT molecular complexity index is 699. The summed E-state index contributed by atoms with van der Waals surface area (Å²) < 4.78 is 24.6. The van der Waals surface area contributed by atoms with Crippen molar-refractivity contribution in [3.05, 3.63) is 18.2 Å². The highest BCUT2D eigenvalue weighted by Gasteiger charge is 2.28. The molecule has 8 heteroatoms. The van der Waals surface area contributed by atoms with Gasteiger partial charge in [-0.15, -0.1) is 11.8 Å². The van der Waals surface area contributed by atoms with E-state index in [2.05, 4.69) is 5.32 Å². The van der Waals surface area contributed by atoms with Crippen LogP contribution in [0.3, 0.4) is 0 Å². The molecule has 0 bridgehead atoms. The number of anilines is 1. The van der Waals surface area contributed by atoms with Crippen molar-refractivity contribution in [1.29, 1.82) is 0 Å². The molecule has 0 saturated heterocycles. The van der Waals surface area contributed by atoms with Crippen LogP contribution in [0.15, 0.2) is 28.0 Å². The first-order valence-electron chi connectivity index (χ1n) is 6.29. The number of fused-ring (bicyclic) bond motifs is 1. The van der Waals surface area contributed by atoms with Gasteiger partial charge < -0.3 is 10.4 Å². The monoisotopic (exact) mass is 329 g/mol. The highest BCUT2D eigenvalue weighted by Crippen LogP contribution is 2.37. The Kier molecular flexibility index (Phi) is 4.29. The number of nitrogens with one attached hydrogen (secondary N) is 1. The summed E-state index contributed by atoms with van der Waals surface area (Å²) in [4.78, 5) is 23.1. The summed E-state index contributed by atoms with van der Waals surface area (Å²) in [7, 11) is -3.74. The van der Waals surface area contributed by atoms with Crippen molar-refractivity contribution in [3.63, 3.8) is 0 Å². The van der Waals surface area contributed by atoms with Crippen molar-refractivity contribution in [1.82, 2.24) is 0 Å². The van der Waals surface area contributed by atoms with Gasteiger partial charge in [-0.05, 0) is 32.0 Å². The number of aliphatic carboxylic acids is 1. The van der Waals surface area contributed by atoms with Crippen LogP contribution in [-0.4, -0.2) is 35.9 Å². The number of thioether (sulfide) groups is 1. The molecule has 2 atom stereocenters. The van der Waals surface area contributed by atoms with Gasteiger partial charge in [-0.25, -0.2) is 8.42 Å². The van der Waals surface area contributed by atoms with Crippen molar-refractivity contribution < 1.29 is 23.1 Å². The largest absolute Gasteiger partial charge is 0.481 e. The average Bonchev–Trinajstić information content (AvgIpc) is 2.38. The van der Waals surface area contributed by atoms with Crippen LogP contribution >= 0.6 is 11.8 Å². The molecule has 0 unspecified atom stereocenters. The van der Waals surface area contributed by atoms with Gasteiger partial charge in [0.25, 0.3) is 0 Å². The third kappa shape index (κ3) is 3.21. The maximum absolute atomic E-state index is 12.3. The molecule has 6 nitrogen and oxygen atoms in total. The third-order valence-corrected chi connectivity index (χ3v) is 6.52. The van der Waals surface area contributed by atoms with Crippen LogP contribution in [0.25, 0.3) is 0 Å². The normalized spacial score (nSPS) is 19.5. The van der Waals surface area contributed by atoms with Crippen LogP contribution < -0.4 is 5.32 Å². The molecule has 0 aromatic heterocycles. The van der Waals surface area contributed by atoms with Crippen LogP contribution in [0.5, 0.6) is 0 Å². The Morgan fingerprint density at radius 1 is 1.48 bits per heavy atom. The standard InChI is InChI=1S/C13H15NO5S2/c1-7(5-12(15)16)21(18,19)9-3-4-11-10(6-9)14-13(17)8(2)20-11/h3-4,6-8H,5H2,1-2H3,(H,14,17)(H,15,16)/t7-,8+/m0/s1. The lowest BCUT2D eigenvalue weighted by atomic mass is 10.3. The maximum atomic E-state index is 12.3. The molecule has 21 heavy (non-hydrogen) atoms. The molecule has 0 saturated carbocycles. The Labute approximate surface area is 126 Å². The molecule has 2 rings (SSSR count). The van der Waals surface area contributed by atoms with E-state index < -0.39 is 27.5 Å². The molecule has 1 aromatic carbocycles. The second kappa shape index (κ2) is 5.69. The van der Waals surface area contributed by atoms with Gasteiger partial charge in [0.2, 0.25) is 5.91 Å². The lowest BCUT2D eigenvalue weighted by molar-refractivity contribution is -0.136. The lowest BCUT2D eigenvalue weighted by Gasteiger charge is -2.22. The van der Waals surface area contributed by atoms with Crippen LogP contribution in [0, 0.1) is 0 Å². The zero-order valence-electron chi connectivity index (χ0n) is 11.5. The second-order valence-electron chi connectivity index (χ2n) is 4.86. The van der Waals surface area contributed by atoms with Crippen molar-refractivity contribution in [2.45, 2.75) is 40.6 Å². The Morgan fingerprint density at radius 2 is 2.14 bits per heavy atom. The fourth-order valence-corrected chi connectivity index (χ4v) is 4.25. The Hall–Kier alpha value is -1.54. The molecule has 1 aromatic rings. The van der Waals surface area contributed by atoms with E-state index >= 15 is 0 Å². The summed E-state index contributed by atoms with van der Waals surface area (Å²) in [5, 5.41) is 10.1. The Morgan fingerprint density at radius 3 is 2.76 bits per heavy atom. The summed E-state index contributed by atoms with van der Waals surface area (Å²) >= 11 is 1.36. The minimum Gasteiger partial charge on any atom is -0.481 e. The summed E-state index contributed by atoms with van der Waals surface area (Å²) in [5.41, 5.74) is 0.451. The number of hydrogen-bond donors (Lipinski definition) is 2. The van der Waals surface area contributed by atoms with Gasteiger partial charge in [-0.3, -0.25) is 9.59 Å². The first kappa shape index (κ1) is 15.8. The van der Waals surface area contributed by atoms with Gasteiger partial charge in [0.05, 0.1) is 27.5 Å². The molecule has 0 fully saturated rings. The minimum atomic E-state index is -3.74. The van der Waals surface area contributed by atoms with E-state index in [-0.39, 0.29) is 16.1 Å². The number of benzene rings is 1. The zero-order chi connectivity index (χ0) is 15.8. The van der Waals surface area contributed by atoms with E-state index in [4.69, 9.17) is 5.11 Å². The highest BCUT2D eigenvalue weighted by atomic mass is 32.2. The minimum absolute atomic E-state index is 0.0189. The lowest BCUT2D eigenvalue weighted by Crippen LogP contribution is -2.27. The number of carbonyl (C=O) groups excluding carboxylic acids is 1. The fraction of sp³-hybridized carbons (Fsp3) is 0.385. The first-order valence-corrected chi connectivity index (χ1v) is 8.71. The second-order valence-corrected chi connectivity index (χ2v) is 8.61. The molecule has 1 aliphatic heterocycles. The number of hydrogen-bond acceptors (Lipinski definition) is 5. The SMILES string of the molecule is C[C@H]1Sc2ccc(S(=O)(=O)[C@@H](C)CC(=O)O)cc2NC1=O. The van der Waals surface area contributed by atoms with Crippen LogP contribution in [-0.2, 0) is 19.4 Å². The average molecular weight is 329 g/mol. The predicted octanol–water partition coefficient (Wildman–Crippen LogP) is 1.76. The summed E-state index contributed by atoms with van der Waals surface area (Å²) in [5.74, 6) is -1.35. The smallest absolute Gasteiger partial charge is 0.304 e. The fourth-order valence-electron chi connectivity index (χ4n) is 1.95. The molecule has 0 radical (unpaired) electrons. The van der Waals surface area contributed by atoms with Gasteiger partial charge in [0.15, 0.2) is 9.84 Å². The van der Waals surface area contributed by atoms with Gasteiger partial charge in [-0.1, -0.05) is 0 Å². The summed E-state index contributed by atoms with van der Waals surface area (Å²) in [6.07, 6.45) is -0.461. The molecule has 1 aliphatic rings. The number of carbonyl (C=O) groups is 2. The summed E-state index contributed by atoms with van der Waals surface area (Å²) in [6.45, 7) is 3.13. The predicted molar refractivity (Wildman–Crippen MR) is 79.3 cm³/mol. The molecule has 1 amide bonds. The highest BCUT2D eigenvalue weighted by molar-refractivity contribution is 8.01. The van der Waals surface area contributed by atoms with Crippen molar-refractivity contribution in [2.24, 2.45) is 0 Å². The molecule has 0 aliphatic carbocycles. The number of sulfone groups is 1. The number of rotatable bonds is 4. The summed E-state index contributed by atoms with van der Waals surface area (Å²) in [6, 6.07) is 4.47. The number of carboxylic acid groups (broad SMARTS) is 1. The van der Waals surface area contributed by atoms with E-state index in [0.717, 1.165) is 4.90 Å². The third-order valence-electron chi connectivity index (χ3n) is 3.20. The van der Waals surface area contributed by atoms with Crippen molar-refractivity contribution in [2.75, 3.05) is 5.32 Å². The van der Waals surface area contributed by atoms with E-state index in [1.165, 1.54) is 30.8 Å². The molecule has 0 spiro atoms. The maximum Gasteiger partial charge on any atom is 0.304 e. The Balaban J connectivity index is 2.36. The first-order chi connectivity index (χ1) is 9.71.